The average Bonchev–Trinajstić information content (AvgIpc) is 3.00. The van der Waals surface area contributed by atoms with Crippen molar-refractivity contribution in [3.8, 4) is 5.75 Å². The molecule has 8 nitrogen and oxygen atoms in total. The Morgan fingerprint density at radius 1 is 0.878 bits per heavy atom. The molecule has 0 heterocycles. The van der Waals surface area contributed by atoms with Crippen LogP contribution >= 0.6 is 0 Å². The first-order chi connectivity index (χ1) is 19.7. The second kappa shape index (κ2) is 14.7. The van der Waals surface area contributed by atoms with Crippen molar-refractivity contribution in [3.63, 3.8) is 0 Å². The standard InChI is InChI=1S/C32H41N3O5S/c1-6-24(4)33-32(37)29(8-3)34(22-25-18-20-27(40-5)21-19-25)31(36)23-35(30-17-13-12-14-26(30)7-2)41(38,39)28-15-10-9-11-16-28/h9-21,24,29H,6-8,22-23H2,1-5H3,(H,33,37)/t24-,29-/m1/s1. The Balaban J connectivity index is 2.08. The van der Waals surface area contributed by atoms with Gasteiger partial charge in [0.2, 0.25) is 11.8 Å². The fourth-order valence-corrected chi connectivity index (χ4v) is 6.05. The molecular weight excluding hydrogens is 538 g/mol. The smallest absolute Gasteiger partial charge is 0.264 e. The van der Waals surface area contributed by atoms with Crippen LogP contribution in [0.2, 0.25) is 0 Å². The summed E-state index contributed by atoms with van der Waals surface area (Å²) in [6, 6.07) is 21.7. The van der Waals surface area contributed by atoms with Crippen LogP contribution in [0.15, 0.2) is 83.8 Å². The molecular formula is C32H41N3O5S. The number of aryl methyl sites for hydroxylation is 1. The molecule has 0 bridgehead atoms. The van der Waals surface area contributed by atoms with Crippen LogP contribution in [0.3, 0.4) is 0 Å². The summed E-state index contributed by atoms with van der Waals surface area (Å²) in [5.41, 5.74) is 2.03. The predicted molar refractivity (Wildman–Crippen MR) is 162 cm³/mol. The van der Waals surface area contributed by atoms with Gasteiger partial charge in [-0.05, 0) is 67.6 Å². The molecule has 0 aliphatic heterocycles. The second-order valence-electron chi connectivity index (χ2n) is 9.92. The third kappa shape index (κ3) is 7.88. The Bertz CT molecular complexity index is 1390. The molecule has 220 valence electrons. The van der Waals surface area contributed by atoms with Gasteiger partial charge < -0.3 is 15.0 Å². The average molecular weight is 580 g/mol. The summed E-state index contributed by atoms with van der Waals surface area (Å²) in [6.45, 7) is 7.34. The number of nitrogens with one attached hydrogen (secondary N) is 1. The van der Waals surface area contributed by atoms with Crippen molar-refractivity contribution in [2.24, 2.45) is 0 Å². The lowest BCUT2D eigenvalue weighted by atomic mass is 10.1. The number of methoxy groups -OCH3 is 1. The molecule has 0 spiro atoms. The molecule has 0 saturated carbocycles. The highest BCUT2D eigenvalue weighted by Crippen LogP contribution is 2.28. The number of hydrogen-bond acceptors (Lipinski definition) is 5. The summed E-state index contributed by atoms with van der Waals surface area (Å²) in [5.74, 6) is -0.0722. The number of carbonyl (C=O) groups is 2. The van der Waals surface area contributed by atoms with E-state index in [0.29, 0.717) is 24.3 Å². The molecule has 0 aromatic heterocycles. The topological polar surface area (TPSA) is 96.0 Å². The fourth-order valence-electron chi connectivity index (χ4n) is 4.57. The Labute approximate surface area is 244 Å². The summed E-state index contributed by atoms with van der Waals surface area (Å²) in [4.78, 5) is 29.2. The van der Waals surface area contributed by atoms with Crippen molar-refractivity contribution in [3.05, 3.63) is 90.0 Å². The van der Waals surface area contributed by atoms with Crippen LogP contribution in [-0.4, -0.2) is 50.9 Å². The molecule has 2 amide bonds. The molecule has 0 fully saturated rings. The van der Waals surface area contributed by atoms with Crippen molar-refractivity contribution in [2.75, 3.05) is 18.0 Å². The zero-order chi connectivity index (χ0) is 30.0. The molecule has 0 aliphatic carbocycles. The van der Waals surface area contributed by atoms with E-state index in [9.17, 15) is 18.0 Å². The number of carbonyl (C=O) groups excluding carboxylic acids is 2. The maximum Gasteiger partial charge on any atom is 0.264 e. The molecule has 0 unspecified atom stereocenters. The highest BCUT2D eigenvalue weighted by atomic mass is 32.2. The van der Waals surface area contributed by atoms with Gasteiger partial charge in [-0.2, -0.15) is 0 Å². The molecule has 2 atom stereocenters. The Hall–Kier alpha value is -3.85. The van der Waals surface area contributed by atoms with Gasteiger partial charge in [-0.25, -0.2) is 8.42 Å². The molecule has 0 saturated heterocycles. The highest BCUT2D eigenvalue weighted by Gasteiger charge is 2.34. The van der Waals surface area contributed by atoms with E-state index in [0.717, 1.165) is 17.5 Å². The molecule has 3 rings (SSSR count). The summed E-state index contributed by atoms with van der Waals surface area (Å²) in [7, 11) is -2.53. The van der Waals surface area contributed by atoms with Crippen LogP contribution in [0.4, 0.5) is 5.69 Å². The minimum absolute atomic E-state index is 0.0686. The maximum absolute atomic E-state index is 14.2. The third-order valence-electron chi connectivity index (χ3n) is 7.15. The normalized spacial score (nSPS) is 12.7. The number of ether oxygens (including phenoxy) is 1. The van der Waals surface area contributed by atoms with E-state index in [1.54, 1.807) is 49.6 Å². The number of benzene rings is 3. The number of para-hydroxylation sites is 1. The van der Waals surface area contributed by atoms with Gasteiger partial charge in [0.25, 0.3) is 10.0 Å². The zero-order valence-electron chi connectivity index (χ0n) is 24.5. The Morgan fingerprint density at radius 3 is 2.10 bits per heavy atom. The molecule has 1 N–H and O–H groups in total. The highest BCUT2D eigenvalue weighted by molar-refractivity contribution is 7.92. The fraction of sp³-hybridized carbons (Fsp3) is 0.375. The van der Waals surface area contributed by atoms with Gasteiger partial charge in [-0.3, -0.25) is 13.9 Å². The third-order valence-corrected chi connectivity index (χ3v) is 8.92. The van der Waals surface area contributed by atoms with E-state index >= 15 is 0 Å². The number of sulfonamides is 1. The minimum atomic E-state index is -4.10. The summed E-state index contributed by atoms with van der Waals surface area (Å²) in [5, 5.41) is 2.99. The molecule has 0 aliphatic rings. The summed E-state index contributed by atoms with van der Waals surface area (Å²) >= 11 is 0. The summed E-state index contributed by atoms with van der Waals surface area (Å²) in [6.07, 6.45) is 1.68. The number of rotatable bonds is 14. The summed E-state index contributed by atoms with van der Waals surface area (Å²) < 4.78 is 34.5. The Kier molecular flexibility index (Phi) is 11.3. The van der Waals surface area contributed by atoms with Gasteiger partial charge in [0.15, 0.2) is 0 Å². The predicted octanol–water partition coefficient (Wildman–Crippen LogP) is 5.18. The van der Waals surface area contributed by atoms with Crippen molar-refractivity contribution < 1.29 is 22.7 Å². The lowest BCUT2D eigenvalue weighted by Crippen LogP contribution is -2.53. The van der Waals surface area contributed by atoms with E-state index in [1.165, 1.54) is 21.3 Å². The molecule has 3 aromatic rings. The molecule has 41 heavy (non-hydrogen) atoms. The quantitative estimate of drug-likeness (QED) is 0.284. The van der Waals surface area contributed by atoms with E-state index in [1.807, 2.05) is 52.0 Å². The lowest BCUT2D eigenvalue weighted by molar-refractivity contribution is -0.140. The number of nitrogens with zero attached hydrogens (tertiary/aromatic N) is 2. The van der Waals surface area contributed by atoms with Gasteiger partial charge in [0.05, 0.1) is 17.7 Å². The number of amides is 2. The van der Waals surface area contributed by atoms with Crippen LogP contribution in [0.5, 0.6) is 5.75 Å². The number of anilines is 1. The largest absolute Gasteiger partial charge is 0.497 e. The van der Waals surface area contributed by atoms with Gasteiger partial charge in [0, 0.05) is 12.6 Å². The maximum atomic E-state index is 14.2. The van der Waals surface area contributed by atoms with Crippen LogP contribution in [-0.2, 0) is 32.6 Å². The minimum Gasteiger partial charge on any atom is -0.497 e. The molecule has 3 aromatic carbocycles. The van der Waals surface area contributed by atoms with E-state index in [4.69, 9.17) is 4.74 Å². The second-order valence-corrected chi connectivity index (χ2v) is 11.8. The first kappa shape index (κ1) is 31.7. The van der Waals surface area contributed by atoms with Crippen LogP contribution < -0.4 is 14.4 Å². The first-order valence-electron chi connectivity index (χ1n) is 14.0. The van der Waals surface area contributed by atoms with Crippen molar-refractivity contribution in [1.82, 2.24) is 10.2 Å². The SMILES string of the molecule is CCc1ccccc1N(CC(=O)N(Cc1ccc(OC)cc1)[C@H](CC)C(=O)N[C@H](C)CC)S(=O)(=O)c1ccccc1. The van der Waals surface area contributed by atoms with Crippen LogP contribution in [0.1, 0.15) is 51.7 Å². The molecule has 9 heteroatoms. The van der Waals surface area contributed by atoms with Gasteiger partial charge >= 0.3 is 0 Å². The van der Waals surface area contributed by atoms with E-state index in [-0.39, 0.29) is 23.4 Å². The lowest BCUT2D eigenvalue weighted by Gasteiger charge is -2.34. The van der Waals surface area contributed by atoms with E-state index < -0.39 is 28.5 Å². The van der Waals surface area contributed by atoms with E-state index in [2.05, 4.69) is 5.32 Å². The Morgan fingerprint density at radius 2 is 1.51 bits per heavy atom. The first-order valence-corrected chi connectivity index (χ1v) is 15.5. The van der Waals surface area contributed by atoms with Crippen molar-refractivity contribution in [1.29, 1.82) is 0 Å². The van der Waals surface area contributed by atoms with Crippen LogP contribution in [0, 0.1) is 0 Å². The van der Waals surface area contributed by atoms with Crippen LogP contribution in [0.25, 0.3) is 0 Å². The zero-order valence-corrected chi connectivity index (χ0v) is 25.4. The van der Waals surface area contributed by atoms with Gasteiger partial charge in [-0.1, -0.05) is 69.3 Å². The van der Waals surface area contributed by atoms with Gasteiger partial charge in [0.1, 0.15) is 18.3 Å². The molecule has 0 radical (unpaired) electrons. The monoisotopic (exact) mass is 579 g/mol. The number of hydrogen-bond donors (Lipinski definition) is 1. The van der Waals surface area contributed by atoms with Gasteiger partial charge in [-0.15, -0.1) is 0 Å². The van der Waals surface area contributed by atoms with Crippen molar-refractivity contribution >= 4 is 27.5 Å². The van der Waals surface area contributed by atoms with Crippen molar-refractivity contribution in [2.45, 2.75) is 70.5 Å².